The van der Waals surface area contributed by atoms with Gasteiger partial charge in [-0.05, 0) is 63.0 Å². The molecule has 242 valence electrons. The van der Waals surface area contributed by atoms with Gasteiger partial charge in [-0.3, -0.25) is 0 Å². The van der Waals surface area contributed by atoms with Crippen molar-refractivity contribution >= 4 is 65.4 Å². The van der Waals surface area contributed by atoms with E-state index in [1.165, 1.54) is 16.2 Å². The largest absolute Gasteiger partial charge is 0.456 e. The zero-order valence-electron chi connectivity index (χ0n) is 27.7. The van der Waals surface area contributed by atoms with Crippen molar-refractivity contribution in [1.29, 1.82) is 0 Å². The van der Waals surface area contributed by atoms with Crippen molar-refractivity contribution in [3.63, 3.8) is 0 Å². The summed E-state index contributed by atoms with van der Waals surface area (Å²) in [6.07, 6.45) is 0. The second-order valence-electron chi connectivity index (χ2n) is 13.2. The highest BCUT2D eigenvalue weighted by atomic mass is 16.3. The predicted octanol–water partition coefficient (Wildman–Crippen LogP) is 12.6. The van der Waals surface area contributed by atoms with Crippen LogP contribution >= 0.6 is 0 Å². The van der Waals surface area contributed by atoms with Gasteiger partial charge in [-0.2, -0.15) is 0 Å². The minimum absolute atomic E-state index is 0.557. The molecule has 3 heterocycles. The van der Waals surface area contributed by atoms with E-state index in [0.29, 0.717) is 17.5 Å². The summed E-state index contributed by atoms with van der Waals surface area (Å²) in [5.74, 6) is 1.74. The van der Waals surface area contributed by atoms with E-state index in [2.05, 4.69) is 109 Å². The van der Waals surface area contributed by atoms with Crippen LogP contribution < -0.4 is 0 Å². The fraction of sp³-hybridized carbons (Fsp3) is 0. The molecule has 0 bridgehead atoms. The zero-order chi connectivity index (χ0) is 34.2. The molecule has 0 unspecified atom stereocenters. The van der Waals surface area contributed by atoms with Gasteiger partial charge in [-0.1, -0.05) is 133 Å². The highest BCUT2D eigenvalue weighted by Gasteiger charge is 2.19. The average Bonchev–Trinajstić information content (AvgIpc) is 3.79. The molecule has 11 aromatic rings. The van der Waals surface area contributed by atoms with E-state index in [1.807, 2.05) is 54.6 Å². The van der Waals surface area contributed by atoms with Crippen LogP contribution in [0.5, 0.6) is 0 Å². The molecule has 5 nitrogen and oxygen atoms in total. The molecule has 0 spiro atoms. The topological polar surface area (TPSA) is 65.0 Å². The van der Waals surface area contributed by atoms with Crippen LogP contribution in [0.15, 0.2) is 173 Å². The number of nitrogens with zero attached hydrogens (tertiary/aromatic N) is 3. The maximum Gasteiger partial charge on any atom is 0.167 e. The van der Waals surface area contributed by atoms with Crippen LogP contribution in [0.1, 0.15) is 0 Å². The van der Waals surface area contributed by atoms with Gasteiger partial charge in [0.2, 0.25) is 0 Å². The normalized spacial score (nSPS) is 11.8. The first-order valence-electron chi connectivity index (χ1n) is 17.3. The molecule has 3 aromatic heterocycles. The molecule has 11 rings (SSSR count). The third kappa shape index (κ3) is 4.46. The van der Waals surface area contributed by atoms with Gasteiger partial charge in [0.05, 0.1) is 5.56 Å². The van der Waals surface area contributed by atoms with Gasteiger partial charge < -0.3 is 8.83 Å². The van der Waals surface area contributed by atoms with Crippen LogP contribution in [0.3, 0.4) is 0 Å². The molecule has 0 atom stereocenters. The number of furan rings is 2. The summed E-state index contributed by atoms with van der Waals surface area (Å²) >= 11 is 0. The fourth-order valence-corrected chi connectivity index (χ4v) is 7.63. The Hall–Kier alpha value is -7.11. The van der Waals surface area contributed by atoms with E-state index in [-0.39, 0.29) is 0 Å². The standard InChI is InChI=1S/C47H27N3O2/c1-2-10-33-28(9-1)19-20-30-23-26-32(27-39(30)33)46-48-45(49-47(50-46)38-15-7-14-36-35-11-3-5-16-40(35)52-44(36)38)31-24-21-29(22-25-31)34-13-8-18-42-43(34)37-12-4-6-17-41(37)51-42/h1-27H. The lowest BCUT2D eigenvalue weighted by Gasteiger charge is -2.11. The van der Waals surface area contributed by atoms with E-state index in [1.54, 1.807) is 0 Å². The number of fused-ring (bicyclic) bond motifs is 9. The molecule has 0 saturated heterocycles. The summed E-state index contributed by atoms with van der Waals surface area (Å²) in [5.41, 5.74) is 8.17. The minimum atomic E-state index is 0.557. The SMILES string of the molecule is c1ccc2c(c1)ccc1ccc(-c3nc(-c4ccc(-c5cccc6oc7ccccc7c56)cc4)nc(-c4cccc5c4oc4ccccc45)n3)cc12. The summed E-state index contributed by atoms with van der Waals surface area (Å²) in [5, 5.41) is 9.01. The lowest BCUT2D eigenvalue weighted by Crippen LogP contribution is -2.00. The van der Waals surface area contributed by atoms with Gasteiger partial charge in [0.15, 0.2) is 17.5 Å². The number of benzene rings is 8. The second-order valence-corrected chi connectivity index (χ2v) is 13.2. The van der Waals surface area contributed by atoms with Crippen molar-refractivity contribution in [2.45, 2.75) is 0 Å². The van der Waals surface area contributed by atoms with Gasteiger partial charge in [0.1, 0.15) is 22.3 Å². The summed E-state index contributed by atoms with van der Waals surface area (Å²) in [7, 11) is 0. The van der Waals surface area contributed by atoms with E-state index in [4.69, 9.17) is 23.8 Å². The fourth-order valence-electron chi connectivity index (χ4n) is 7.63. The van der Waals surface area contributed by atoms with Crippen LogP contribution in [0.2, 0.25) is 0 Å². The molecule has 0 N–H and O–H groups in total. The van der Waals surface area contributed by atoms with E-state index >= 15 is 0 Å². The average molecular weight is 666 g/mol. The van der Waals surface area contributed by atoms with E-state index in [9.17, 15) is 0 Å². The van der Waals surface area contributed by atoms with Gasteiger partial charge in [-0.25, -0.2) is 15.0 Å². The third-order valence-electron chi connectivity index (χ3n) is 10.1. The molecule has 5 heteroatoms. The minimum Gasteiger partial charge on any atom is -0.456 e. The van der Waals surface area contributed by atoms with Gasteiger partial charge in [0.25, 0.3) is 0 Å². The molecule has 8 aromatic carbocycles. The number of para-hydroxylation sites is 3. The molecule has 0 fully saturated rings. The molecule has 0 aliphatic carbocycles. The Bertz CT molecular complexity index is 3190. The maximum absolute atomic E-state index is 6.45. The molecule has 0 aliphatic heterocycles. The van der Waals surface area contributed by atoms with Crippen molar-refractivity contribution in [3.8, 4) is 45.3 Å². The van der Waals surface area contributed by atoms with Crippen molar-refractivity contribution in [2.75, 3.05) is 0 Å². The Balaban J connectivity index is 1.10. The lowest BCUT2D eigenvalue weighted by atomic mass is 9.98. The number of hydrogen-bond donors (Lipinski definition) is 0. The smallest absolute Gasteiger partial charge is 0.167 e. The van der Waals surface area contributed by atoms with Gasteiger partial charge in [0, 0.05) is 32.7 Å². The molecular weight excluding hydrogens is 639 g/mol. The number of hydrogen-bond acceptors (Lipinski definition) is 5. The first kappa shape index (κ1) is 28.7. The molecular formula is C47H27N3O2. The lowest BCUT2D eigenvalue weighted by molar-refractivity contribution is 0.669. The van der Waals surface area contributed by atoms with Crippen LogP contribution in [-0.2, 0) is 0 Å². The third-order valence-corrected chi connectivity index (χ3v) is 10.1. The Morgan fingerprint density at radius 1 is 0.327 bits per heavy atom. The maximum atomic E-state index is 6.45. The molecule has 52 heavy (non-hydrogen) atoms. The van der Waals surface area contributed by atoms with Crippen LogP contribution in [0.4, 0.5) is 0 Å². The number of aromatic nitrogens is 3. The second kappa shape index (κ2) is 11.2. The van der Waals surface area contributed by atoms with Crippen molar-refractivity contribution in [2.24, 2.45) is 0 Å². The zero-order valence-corrected chi connectivity index (χ0v) is 27.7. The van der Waals surface area contributed by atoms with E-state index < -0.39 is 0 Å². The Morgan fingerprint density at radius 2 is 0.885 bits per heavy atom. The Labute approximate surface area is 297 Å². The summed E-state index contributed by atoms with van der Waals surface area (Å²) in [6, 6.07) is 56.4. The monoisotopic (exact) mass is 665 g/mol. The summed E-state index contributed by atoms with van der Waals surface area (Å²) < 4.78 is 12.6. The first-order valence-corrected chi connectivity index (χ1v) is 17.3. The van der Waals surface area contributed by atoms with Crippen LogP contribution in [0.25, 0.3) is 111 Å². The highest BCUT2D eigenvalue weighted by Crippen LogP contribution is 2.39. The van der Waals surface area contributed by atoms with Gasteiger partial charge in [-0.15, -0.1) is 0 Å². The highest BCUT2D eigenvalue weighted by molar-refractivity contribution is 6.13. The molecule has 0 saturated carbocycles. The van der Waals surface area contributed by atoms with Gasteiger partial charge >= 0.3 is 0 Å². The number of rotatable bonds is 4. The van der Waals surface area contributed by atoms with E-state index in [0.717, 1.165) is 77.1 Å². The van der Waals surface area contributed by atoms with Crippen LogP contribution in [0, 0.1) is 0 Å². The van der Waals surface area contributed by atoms with Crippen LogP contribution in [-0.4, -0.2) is 15.0 Å². The predicted molar refractivity (Wildman–Crippen MR) is 211 cm³/mol. The summed E-state index contributed by atoms with van der Waals surface area (Å²) in [4.78, 5) is 15.4. The molecule has 0 amide bonds. The van der Waals surface area contributed by atoms with Crippen molar-refractivity contribution in [1.82, 2.24) is 15.0 Å². The first-order chi connectivity index (χ1) is 25.7. The molecule has 0 aliphatic rings. The Kier molecular flexibility index (Phi) is 6.18. The molecule has 0 radical (unpaired) electrons. The van der Waals surface area contributed by atoms with Crippen molar-refractivity contribution < 1.29 is 8.83 Å². The Morgan fingerprint density at radius 3 is 1.73 bits per heavy atom. The quantitative estimate of drug-likeness (QED) is 0.175. The van der Waals surface area contributed by atoms with Crippen molar-refractivity contribution in [3.05, 3.63) is 164 Å². The summed E-state index contributed by atoms with van der Waals surface area (Å²) in [6.45, 7) is 0.